The first-order valence-corrected chi connectivity index (χ1v) is 10.6. The molecule has 0 aliphatic heterocycles. The predicted molar refractivity (Wildman–Crippen MR) is 124 cm³/mol. The third-order valence-electron chi connectivity index (χ3n) is 4.25. The number of nitrogens with one attached hydrogen (secondary N) is 1. The molecule has 5 nitrogen and oxygen atoms in total. The zero-order valence-electron chi connectivity index (χ0n) is 17.3. The van der Waals surface area contributed by atoms with Crippen molar-refractivity contribution in [1.82, 2.24) is 0 Å². The summed E-state index contributed by atoms with van der Waals surface area (Å²) in [7, 11) is 1.50. The lowest BCUT2D eigenvalue weighted by molar-refractivity contribution is -0.132. The number of benzene rings is 3. The van der Waals surface area contributed by atoms with Gasteiger partial charge in [-0.05, 0) is 41.5 Å². The second-order valence-electron chi connectivity index (χ2n) is 6.60. The molecule has 0 heterocycles. The van der Waals surface area contributed by atoms with Gasteiger partial charge in [-0.25, -0.2) is 0 Å². The van der Waals surface area contributed by atoms with Gasteiger partial charge in [-0.2, -0.15) is 0 Å². The minimum atomic E-state index is -0.443. The van der Waals surface area contributed by atoms with Gasteiger partial charge in [0.25, 0.3) is 0 Å². The number of hydrogen-bond acceptors (Lipinski definition) is 5. The van der Waals surface area contributed by atoms with Crippen LogP contribution in [0.4, 0.5) is 5.69 Å². The van der Waals surface area contributed by atoms with Crippen LogP contribution in [0.15, 0.2) is 83.8 Å². The average Bonchev–Trinajstić information content (AvgIpc) is 2.77. The van der Waals surface area contributed by atoms with Crippen molar-refractivity contribution in [2.75, 3.05) is 12.4 Å². The summed E-state index contributed by atoms with van der Waals surface area (Å²) < 4.78 is 10.3. The highest BCUT2D eigenvalue weighted by atomic mass is 32.2. The Hall–Kier alpha value is -3.51. The van der Waals surface area contributed by atoms with Crippen LogP contribution in [-0.2, 0) is 15.3 Å². The smallest absolute Gasteiger partial charge is 0.308 e. The van der Waals surface area contributed by atoms with Gasteiger partial charge in [0.05, 0.1) is 12.8 Å². The van der Waals surface area contributed by atoms with Gasteiger partial charge in [0.1, 0.15) is 0 Å². The van der Waals surface area contributed by atoms with E-state index in [0.717, 1.165) is 16.3 Å². The van der Waals surface area contributed by atoms with E-state index in [9.17, 15) is 9.59 Å². The lowest BCUT2D eigenvalue weighted by atomic mass is 10.2. The molecular formula is C25H23NO4S. The zero-order chi connectivity index (χ0) is 22.1. The van der Waals surface area contributed by atoms with Crippen molar-refractivity contribution in [1.29, 1.82) is 0 Å². The number of anilines is 1. The number of rotatable bonds is 8. The molecule has 158 valence electrons. The van der Waals surface area contributed by atoms with Crippen LogP contribution in [-0.4, -0.2) is 19.0 Å². The van der Waals surface area contributed by atoms with Crippen LogP contribution >= 0.6 is 11.8 Å². The molecular weight excluding hydrogens is 410 g/mol. The number of carbonyl (C=O) groups is 2. The minimum Gasteiger partial charge on any atom is -0.493 e. The number of hydrogen-bond donors (Lipinski definition) is 1. The van der Waals surface area contributed by atoms with E-state index in [2.05, 4.69) is 17.4 Å². The summed E-state index contributed by atoms with van der Waals surface area (Å²) in [5.74, 6) is 0.870. The summed E-state index contributed by atoms with van der Waals surface area (Å²) in [6.07, 6.45) is 3.10. The maximum Gasteiger partial charge on any atom is 0.308 e. The van der Waals surface area contributed by atoms with Crippen molar-refractivity contribution in [3.05, 3.63) is 90.0 Å². The van der Waals surface area contributed by atoms with Crippen LogP contribution in [0.1, 0.15) is 18.1 Å². The number of carbonyl (C=O) groups excluding carboxylic acids is 2. The standard InChI is InChI=1S/C25H23NO4S/c1-18(27)30-23-16-19(12-14-22(23)29-2)13-15-25(28)26-21-10-6-7-11-24(21)31-17-20-8-4-3-5-9-20/h3-16H,17H2,1-2H3,(H,26,28). The summed E-state index contributed by atoms with van der Waals surface area (Å²) in [6, 6.07) is 23.0. The molecule has 0 aliphatic rings. The maximum absolute atomic E-state index is 12.5. The van der Waals surface area contributed by atoms with E-state index >= 15 is 0 Å². The molecule has 0 aliphatic carbocycles. The van der Waals surface area contributed by atoms with E-state index in [1.165, 1.54) is 25.7 Å². The minimum absolute atomic E-state index is 0.252. The average molecular weight is 434 g/mol. The molecule has 0 radical (unpaired) electrons. The molecule has 0 fully saturated rings. The fourth-order valence-electron chi connectivity index (χ4n) is 2.81. The first-order chi connectivity index (χ1) is 15.0. The van der Waals surface area contributed by atoms with Gasteiger partial charge in [0.15, 0.2) is 11.5 Å². The van der Waals surface area contributed by atoms with E-state index < -0.39 is 5.97 Å². The van der Waals surface area contributed by atoms with Crippen molar-refractivity contribution < 1.29 is 19.1 Å². The Bertz CT molecular complexity index is 1080. The van der Waals surface area contributed by atoms with E-state index in [1.807, 2.05) is 42.5 Å². The van der Waals surface area contributed by atoms with Crippen LogP contribution in [0.2, 0.25) is 0 Å². The lowest BCUT2D eigenvalue weighted by Crippen LogP contribution is -2.08. The fraction of sp³-hybridized carbons (Fsp3) is 0.120. The van der Waals surface area contributed by atoms with Gasteiger partial charge >= 0.3 is 5.97 Å². The van der Waals surface area contributed by atoms with Crippen LogP contribution in [0.25, 0.3) is 6.08 Å². The Morgan fingerprint density at radius 1 is 0.968 bits per heavy atom. The Labute approximate surface area is 186 Å². The Morgan fingerprint density at radius 2 is 1.71 bits per heavy atom. The van der Waals surface area contributed by atoms with Crippen molar-refractivity contribution in [2.24, 2.45) is 0 Å². The number of methoxy groups -OCH3 is 1. The topological polar surface area (TPSA) is 64.6 Å². The normalized spacial score (nSPS) is 10.6. The molecule has 31 heavy (non-hydrogen) atoms. The van der Waals surface area contributed by atoms with Crippen LogP contribution in [0.3, 0.4) is 0 Å². The predicted octanol–water partition coefficient (Wildman–Crippen LogP) is 5.56. The number of thioether (sulfide) groups is 1. The third-order valence-corrected chi connectivity index (χ3v) is 5.40. The Morgan fingerprint density at radius 3 is 2.45 bits per heavy atom. The molecule has 0 saturated heterocycles. The SMILES string of the molecule is COc1ccc(C=CC(=O)Nc2ccccc2SCc2ccccc2)cc1OC(C)=O. The van der Waals surface area contributed by atoms with Crippen molar-refractivity contribution in [3.63, 3.8) is 0 Å². The Balaban J connectivity index is 1.67. The van der Waals surface area contributed by atoms with Gasteiger partial charge in [0, 0.05) is 23.6 Å². The van der Waals surface area contributed by atoms with E-state index in [1.54, 1.807) is 36.0 Å². The quantitative estimate of drug-likeness (QED) is 0.218. The first-order valence-electron chi connectivity index (χ1n) is 9.66. The molecule has 0 aromatic heterocycles. The van der Waals surface area contributed by atoms with E-state index in [4.69, 9.17) is 9.47 Å². The molecule has 0 spiro atoms. The second-order valence-corrected chi connectivity index (χ2v) is 7.61. The Kier molecular flexibility index (Phi) is 7.90. The highest BCUT2D eigenvalue weighted by Gasteiger charge is 2.08. The van der Waals surface area contributed by atoms with Gasteiger partial charge in [0.2, 0.25) is 5.91 Å². The summed E-state index contributed by atoms with van der Waals surface area (Å²) in [6.45, 7) is 1.32. The number of amides is 1. The van der Waals surface area contributed by atoms with Crippen LogP contribution in [0.5, 0.6) is 11.5 Å². The summed E-state index contributed by atoms with van der Waals surface area (Å²) in [4.78, 5) is 24.8. The van der Waals surface area contributed by atoms with Crippen molar-refractivity contribution in [3.8, 4) is 11.5 Å². The molecule has 3 aromatic carbocycles. The number of esters is 1. The van der Waals surface area contributed by atoms with E-state index in [0.29, 0.717) is 17.1 Å². The van der Waals surface area contributed by atoms with Gasteiger partial charge in [-0.1, -0.05) is 48.5 Å². The second kappa shape index (κ2) is 11.0. The van der Waals surface area contributed by atoms with Gasteiger partial charge in [-0.15, -0.1) is 11.8 Å². The molecule has 3 rings (SSSR count). The third kappa shape index (κ3) is 6.76. The fourth-order valence-corrected chi connectivity index (χ4v) is 3.77. The van der Waals surface area contributed by atoms with Crippen molar-refractivity contribution >= 4 is 35.4 Å². The van der Waals surface area contributed by atoms with Gasteiger partial charge < -0.3 is 14.8 Å². The molecule has 0 bridgehead atoms. The van der Waals surface area contributed by atoms with Crippen molar-refractivity contribution in [2.45, 2.75) is 17.6 Å². The molecule has 3 aromatic rings. The van der Waals surface area contributed by atoms with Crippen LogP contribution in [0, 0.1) is 0 Å². The number of para-hydroxylation sites is 1. The van der Waals surface area contributed by atoms with Crippen LogP contribution < -0.4 is 14.8 Å². The van der Waals surface area contributed by atoms with Gasteiger partial charge in [-0.3, -0.25) is 9.59 Å². The molecule has 6 heteroatoms. The van der Waals surface area contributed by atoms with E-state index in [-0.39, 0.29) is 5.91 Å². The maximum atomic E-state index is 12.5. The summed E-state index contributed by atoms with van der Waals surface area (Å²) in [5, 5.41) is 2.93. The highest BCUT2D eigenvalue weighted by Crippen LogP contribution is 2.30. The largest absolute Gasteiger partial charge is 0.493 e. The molecule has 0 saturated carbocycles. The molecule has 1 N–H and O–H groups in total. The summed E-state index contributed by atoms with van der Waals surface area (Å²) in [5.41, 5.74) is 2.68. The number of ether oxygens (including phenoxy) is 2. The molecule has 1 amide bonds. The molecule has 0 unspecified atom stereocenters. The zero-order valence-corrected chi connectivity index (χ0v) is 18.1. The lowest BCUT2D eigenvalue weighted by Gasteiger charge is -2.10. The summed E-state index contributed by atoms with van der Waals surface area (Å²) >= 11 is 1.67. The highest BCUT2D eigenvalue weighted by molar-refractivity contribution is 7.98. The first kappa shape index (κ1) is 22.2. The molecule has 0 atom stereocenters. The monoisotopic (exact) mass is 433 g/mol.